The van der Waals surface area contributed by atoms with Crippen LogP contribution >= 0.6 is 11.3 Å². The van der Waals surface area contributed by atoms with Gasteiger partial charge in [-0.3, -0.25) is 9.59 Å². The molecule has 1 unspecified atom stereocenters. The summed E-state index contributed by atoms with van der Waals surface area (Å²) in [4.78, 5) is 28.6. The van der Waals surface area contributed by atoms with E-state index in [0.717, 1.165) is 0 Å². The molecule has 1 N–H and O–H groups in total. The summed E-state index contributed by atoms with van der Waals surface area (Å²) in [6, 6.07) is 5.88. The first-order valence-corrected chi connectivity index (χ1v) is 10.1. The molecule has 10 heteroatoms. The van der Waals surface area contributed by atoms with E-state index in [0.29, 0.717) is 10.7 Å². The van der Waals surface area contributed by atoms with Crippen LogP contribution in [0.15, 0.2) is 40.7 Å². The maximum Gasteiger partial charge on any atom is 0.308 e. The zero-order valence-corrected chi connectivity index (χ0v) is 15.5. The first-order chi connectivity index (χ1) is 12.3. The molecule has 0 bridgehead atoms. The highest BCUT2D eigenvalue weighted by atomic mass is 32.2. The van der Waals surface area contributed by atoms with Gasteiger partial charge in [-0.1, -0.05) is 0 Å². The van der Waals surface area contributed by atoms with Crippen molar-refractivity contribution >= 4 is 38.9 Å². The Morgan fingerprint density at radius 2 is 2.08 bits per heavy atom. The molecule has 1 amide bonds. The van der Waals surface area contributed by atoms with Crippen LogP contribution in [0.3, 0.4) is 0 Å². The van der Waals surface area contributed by atoms with Crippen molar-refractivity contribution in [3.8, 4) is 0 Å². The SMILES string of the molecule is CN(Cc1nccs1)S(=O)(=O)c1ccc(N2CC(C(=O)O)CC2=O)cc1. The summed E-state index contributed by atoms with van der Waals surface area (Å²) in [7, 11) is -2.21. The smallest absolute Gasteiger partial charge is 0.308 e. The van der Waals surface area contributed by atoms with Crippen LogP contribution in [0.25, 0.3) is 0 Å². The lowest BCUT2D eigenvalue weighted by Crippen LogP contribution is -2.27. The van der Waals surface area contributed by atoms with Gasteiger partial charge in [0.1, 0.15) is 5.01 Å². The van der Waals surface area contributed by atoms with E-state index in [-0.39, 0.29) is 30.3 Å². The molecule has 1 fully saturated rings. The fourth-order valence-corrected chi connectivity index (χ4v) is 4.59. The molecule has 0 radical (unpaired) electrons. The summed E-state index contributed by atoms with van der Waals surface area (Å²) in [6.07, 6.45) is 1.57. The lowest BCUT2D eigenvalue weighted by Gasteiger charge is -2.18. The number of amides is 1. The summed E-state index contributed by atoms with van der Waals surface area (Å²) in [5.41, 5.74) is 0.486. The van der Waals surface area contributed by atoms with Crippen molar-refractivity contribution in [1.82, 2.24) is 9.29 Å². The van der Waals surface area contributed by atoms with E-state index < -0.39 is 21.9 Å². The summed E-state index contributed by atoms with van der Waals surface area (Å²) >= 11 is 1.38. The number of benzene rings is 1. The number of hydrogen-bond acceptors (Lipinski definition) is 6. The van der Waals surface area contributed by atoms with Gasteiger partial charge in [-0.2, -0.15) is 4.31 Å². The predicted molar refractivity (Wildman–Crippen MR) is 95.3 cm³/mol. The minimum Gasteiger partial charge on any atom is -0.481 e. The van der Waals surface area contributed by atoms with Crippen LogP contribution in [-0.4, -0.2) is 48.3 Å². The molecule has 2 heterocycles. The van der Waals surface area contributed by atoms with E-state index >= 15 is 0 Å². The third-order valence-electron chi connectivity index (χ3n) is 4.17. The summed E-state index contributed by atoms with van der Waals surface area (Å²) in [5.74, 6) is -2.03. The lowest BCUT2D eigenvalue weighted by molar-refractivity contribution is -0.141. The first-order valence-electron chi connectivity index (χ1n) is 7.77. The van der Waals surface area contributed by atoms with E-state index in [1.54, 1.807) is 11.6 Å². The zero-order valence-electron chi connectivity index (χ0n) is 13.9. The fraction of sp³-hybridized carbons (Fsp3) is 0.312. The summed E-state index contributed by atoms with van der Waals surface area (Å²) < 4.78 is 26.5. The molecule has 1 aromatic carbocycles. The number of nitrogens with zero attached hydrogens (tertiary/aromatic N) is 3. The highest BCUT2D eigenvalue weighted by Gasteiger charge is 2.35. The average Bonchev–Trinajstić information content (AvgIpc) is 3.24. The third kappa shape index (κ3) is 3.62. The van der Waals surface area contributed by atoms with Crippen LogP contribution in [0.1, 0.15) is 11.4 Å². The topological polar surface area (TPSA) is 108 Å². The molecule has 8 nitrogen and oxygen atoms in total. The van der Waals surface area contributed by atoms with Gasteiger partial charge in [0.2, 0.25) is 15.9 Å². The van der Waals surface area contributed by atoms with Crippen LogP contribution < -0.4 is 4.90 Å². The molecule has 138 valence electrons. The number of aliphatic carboxylic acids is 1. The van der Waals surface area contributed by atoms with E-state index in [4.69, 9.17) is 5.11 Å². The van der Waals surface area contributed by atoms with E-state index in [1.165, 1.54) is 51.9 Å². The molecule has 1 aliphatic heterocycles. The van der Waals surface area contributed by atoms with E-state index in [1.807, 2.05) is 0 Å². The average molecular weight is 395 g/mol. The third-order valence-corrected chi connectivity index (χ3v) is 6.75. The van der Waals surface area contributed by atoms with Crippen LogP contribution in [0.5, 0.6) is 0 Å². The molecule has 0 saturated carbocycles. The normalized spacial score (nSPS) is 17.8. The van der Waals surface area contributed by atoms with Crippen LogP contribution in [0.2, 0.25) is 0 Å². The van der Waals surface area contributed by atoms with Gasteiger partial charge in [0.25, 0.3) is 0 Å². The van der Waals surface area contributed by atoms with Gasteiger partial charge in [0.05, 0.1) is 17.4 Å². The zero-order chi connectivity index (χ0) is 18.9. The lowest BCUT2D eigenvalue weighted by atomic mass is 10.1. The minimum atomic E-state index is -3.69. The molecular weight excluding hydrogens is 378 g/mol. The number of anilines is 1. The Hall–Kier alpha value is -2.30. The molecule has 1 saturated heterocycles. The molecule has 1 aliphatic rings. The second-order valence-electron chi connectivity index (χ2n) is 5.92. The van der Waals surface area contributed by atoms with Crippen LogP contribution in [0.4, 0.5) is 5.69 Å². The Kier molecular flexibility index (Phi) is 5.08. The highest BCUT2D eigenvalue weighted by Crippen LogP contribution is 2.27. The molecule has 0 aliphatic carbocycles. The van der Waals surface area contributed by atoms with Gasteiger partial charge in [-0.05, 0) is 24.3 Å². The second-order valence-corrected chi connectivity index (χ2v) is 8.95. The van der Waals surface area contributed by atoms with E-state index in [9.17, 15) is 18.0 Å². The maximum absolute atomic E-state index is 12.6. The maximum atomic E-state index is 12.6. The molecule has 2 aromatic rings. The number of thiazole rings is 1. The quantitative estimate of drug-likeness (QED) is 0.792. The molecule has 1 aromatic heterocycles. The summed E-state index contributed by atoms with van der Waals surface area (Å²) in [5, 5.41) is 11.5. The van der Waals surface area contributed by atoms with Crippen LogP contribution in [-0.2, 0) is 26.2 Å². The highest BCUT2D eigenvalue weighted by molar-refractivity contribution is 7.89. The van der Waals surface area contributed by atoms with Crippen molar-refractivity contribution in [2.45, 2.75) is 17.9 Å². The van der Waals surface area contributed by atoms with Crippen molar-refractivity contribution in [1.29, 1.82) is 0 Å². The minimum absolute atomic E-state index is 0.0497. The molecule has 3 rings (SSSR count). The van der Waals surface area contributed by atoms with Gasteiger partial charge < -0.3 is 10.0 Å². The van der Waals surface area contributed by atoms with Crippen molar-refractivity contribution in [2.75, 3.05) is 18.5 Å². The fourth-order valence-electron chi connectivity index (χ4n) is 2.71. The molecule has 1 atom stereocenters. The number of carboxylic acids is 1. The Morgan fingerprint density at radius 1 is 1.38 bits per heavy atom. The second kappa shape index (κ2) is 7.14. The number of carbonyl (C=O) groups excluding carboxylic acids is 1. The van der Waals surface area contributed by atoms with Gasteiger partial charge >= 0.3 is 5.97 Å². The van der Waals surface area contributed by atoms with Crippen LogP contribution in [0, 0.1) is 5.92 Å². The number of carbonyl (C=O) groups is 2. The molecule has 0 spiro atoms. The van der Waals surface area contributed by atoms with Gasteiger partial charge in [-0.25, -0.2) is 13.4 Å². The number of aromatic nitrogens is 1. The number of carboxylic acid groups (broad SMARTS) is 1. The Balaban J connectivity index is 1.76. The Labute approximate surface area is 154 Å². The Bertz CT molecular complexity index is 910. The number of rotatable bonds is 6. The van der Waals surface area contributed by atoms with Crippen molar-refractivity contribution < 1.29 is 23.1 Å². The largest absolute Gasteiger partial charge is 0.481 e. The standard InChI is InChI=1S/C16H17N3O5S2/c1-18(10-14-17-6-7-25-14)26(23,24)13-4-2-12(3-5-13)19-9-11(16(21)22)8-15(19)20/h2-7,11H,8-10H2,1H3,(H,21,22). The van der Waals surface area contributed by atoms with Crippen molar-refractivity contribution in [3.05, 3.63) is 40.8 Å². The number of hydrogen-bond donors (Lipinski definition) is 1. The predicted octanol–water partition coefficient (Wildman–Crippen LogP) is 1.40. The molecular formula is C16H17N3O5S2. The van der Waals surface area contributed by atoms with Gasteiger partial charge in [-0.15, -0.1) is 11.3 Å². The number of sulfonamides is 1. The van der Waals surface area contributed by atoms with E-state index in [2.05, 4.69) is 4.98 Å². The monoisotopic (exact) mass is 395 g/mol. The van der Waals surface area contributed by atoms with Crippen molar-refractivity contribution in [3.63, 3.8) is 0 Å². The van der Waals surface area contributed by atoms with Gasteiger partial charge in [0.15, 0.2) is 0 Å². The first kappa shape index (κ1) is 18.5. The molecule has 26 heavy (non-hydrogen) atoms. The Morgan fingerprint density at radius 3 is 2.62 bits per heavy atom. The van der Waals surface area contributed by atoms with Crippen molar-refractivity contribution in [2.24, 2.45) is 5.92 Å². The summed E-state index contributed by atoms with van der Waals surface area (Å²) in [6.45, 7) is 0.261. The van der Waals surface area contributed by atoms with Gasteiger partial charge in [0, 0.05) is 37.3 Å².